The van der Waals surface area contributed by atoms with Crippen LogP contribution in [0, 0.1) is 12.8 Å². The first-order valence-electron chi connectivity index (χ1n) is 7.32. The van der Waals surface area contributed by atoms with Gasteiger partial charge >= 0.3 is 5.97 Å². The maximum atomic E-state index is 11.1. The first-order valence-corrected chi connectivity index (χ1v) is 7.32. The standard InChI is InChI=1S/C15H20N2O3/c1-9-12-7-10(15(18)19)4-5-13(12)17-14(16-9)11-3-2-6-20-8-11/h10-11H,2-8H2,1H3,(H,18,19). The van der Waals surface area contributed by atoms with Crippen LogP contribution in [0.4, 0.5) is 0 Å². The molecule has 1 saturated heterocycles. The van der Waals surface area contributed by atoms with Crippen molar-refractivity contribution in [3.63, 3.8) is 0 Å². The number of fused-ring (bicyclic) bond motifs is 1. The SMILES string of the molecule is Cc1nc(C2CCCOC2)nc2c1CC(C(=O)O)CC2. The smallest absolute Gasteiger partial charge is 0.306 e. The van der Waals surface area contributed by atoms with Crippen molar-refractivity contribution in [2.24, 2.45) is 5.92 Å². The molecule has 0 aromatic carbocycles. The molecule has 5 heteroatoms. The number of carboxylic acids is 1. The Labute approximate surface area is 118 Å². The van der Waals surface area contributed by atoms with E-state index in [9.17, 15) is 4.79 Å². The van der Waals surface area contributed by atoms with Crippen LogP contribution in [0.5, 0.6) is 0 Å². The second kappa shape index (κ2) is 5.48. The average molecular weight is 276 g/mol. The molecule has 2 atom stereocenters. The van der Waals surface area contributed by atoms with Gasteiger partial charge in [-0.15, -0.1) is 0 Å². The Morgan fingerprint density at radius 2 is 2.20 bits per heavy atom. The highest BCUT2D eigenvalue weighted by Crippen LogP contribution is 2.29. The van der Waals surface area contributed by atoms with Gasteiger partial charge < -0.3 is 9.84 Å². The van der Waals surface area contributed by atoms with Gasteiger partial charge in [-0.1, -0.05) is 0 Å². The largest absolute Gasteiger partial charge is 0.481 e. The quantitative estimate of drug-likeness (QED) is 0.892. The van der Waals surface area contributed by atoms with Crippen molar-refractivity contribution in [2.45, 2.75) is 44.9 Å². The summed E-state index contributed by atoms with van der Waals surface area (Å²) in [5, 5.41) is 9.16. The molecular formula is C15H20N2O3. The van der Waals surface area contributed by atoms with Crippen LogP contribution in [0.25, 0.3) is 0 Å². The van der Waals surface area contributed by atoms with E-state index in [1.54, 1.807) is 0 Å². The van der Waals surface area contributed by atoms with Crippen molar-refractivity contribution in [1.29, 1.82) is 0 Å². The first-order chi connectivity index (χ1) is 9.65. The van der Waals surface area contributed by atoms with E-state index in [4.69, 9.17) is 14.8 Å². The molecule has 1 fully saturated rings. The molecule has 3 rings (SSSR count). The molecule has 0 bridgehead atoms. The van der Waals surface area contributed by atoms with Crippen LogP contribution < -0.4 is 0 Å². The van der Waals surface area contributed by atoms with E-state index >= 15 is 0 Å². The number of aliphatic carboxylic acids is 1. The van der Waals surface area contributed by atoms with Crippen molar-refractivity contribution in [3.8, 4) is 0 Å². The average Bonchev–Trinajstić information content (AvgIpc) is 2.47. The third-order valence-electron chi connectivity index (χ3n) is 4.37. The molecule has 1 N–H and O–H groups in total. The number of nitrogens with zero attached hydrogens (tertiary/aromatic N) is 2. The minimum Gasteiger partial charge on any atom is -0.481 e. The van der Waals surface area contributed by atoms with Gasteiger partial charge in [0.1, 0.15) is 5.82 Å². The third-order valence-corrected chi connectivity index (χ3v) is 4.37. The molecule has 0 amide bonds. The number of aryl methyl sites for hydroxylation is 2. The number of carbonyl (C=O) groups is 1. The lowest BCUT2D eigenvalue weighted by atomic mass is 9.85. The summed E-state index contributed by atoms with van der Waals surface area (Å²) < 4.78 is 5.51. The Hall–Kier alpha value is -1.49. The fourth-order valence-corrected chi connectivity index (χ4v) is 3.15. The van der Waals surface area contributed by atoms with E-state index < -0.39 is 5.97 Å². The van der Waals surface area contributed by atoms with Gasteiger partial charge in [0.25, 0.3) is 0 Å². The summed E-state index contributed by atoms with van der Waals surface area (Å²) in [5.74, 6) is 0.188. The summed E-state index contributed by atoms with van der Waals surface area (Å²) in [5.41, 5.74) is 3.04. The van der Waals surface area contributed by atoms with Gasteiger partial charge in [-0.05, 0) is 44.6 Å². The second-order valence-electron chi connectivity index (χ2n) is 5.78. The van der Waals surface area contributed by atoms with Gasteiger partial charge in [0.15, 0.2) is 0 Å². The summed E-state index contributed by atoms with van der Waals surface area (Å²) in [7, 11) is 0. The highest BCUT2D eigenvalue weighted by atomic mass is 16.5. The van der Waals surface area contributed by atoms with Crippen molar-refractivity contribution in [3.05, 3.63) is 22.8 Å². The van der Waals surface area contributed by atoms with Gasteiger partial charge in [0, 0.05) is 23.9 Å². The van der Waals surface area contributed by atoms with Gasteiger partial charge in [0.05, 0.1) is 12.5 Å². The molecule has 108 valence electrons. The minimum atomic E-state index is -0.709. The van der Waals surface area contributed by atoms with E-state index in [2.05, 4.69) is 4.98 Å². The Kier molecular flexibility index (Phi) is 3.70. The Morgan fingerprint density at radius 1 is 1.35 bits per heavy atom. The van der Waals surface area contributed by atoms with Gasteiger partial charge in [0.2, 0.25) is 0 Å². The minimum absolute atomic E-state index is 0.284. The summed E-state index contributed by atoms with van der Waals surface area (Å²) in [6, 6.07) is 0. The van der Waals surface area contributed by atoms with Gasteiger partial charge in [-0.25, -0.2) is 9.97 Å². The molecule has 2 unspecified atom stereocenters. The molecule has 1 aliphatic heterocycles. The van der Waals surface area contributed by atoms with Crippen molar-refractivity contribution in [2.75, 3.05) is 13.2 Å². The lowest BCUT2D eigenvalue weighted by molar-refractivity contribution is -0.142. The second-order valence-corrected chi connectivity index (χ2v) is 5.78. The highest BCUT2D eigenvalue weighted by molar-refractivity contribution is 5.71. The molecular weight excluding hydrogens is 256 g/mol. The maximum absolute atomic E-state index is 11.1. The van der Waals surface area contributed by atoms with Crippen LogP contribution in [-0.4, -0.2) is 34.3 Å². The predicted octanol–water partition coefficient (Wildman–Crippen LogP) is 1.87. The first kappa shape index (κ1) is 13.5. The molecule has 1 aromatic heterocycles. The Bertz CT molecular complexity index is 524. The fraction of sp³-hybridized carbons (Fsp3) is 0.667. The molecule has 20 heavy (non-hydrogen) atoms. The number of aromatic nitrogens is 2. The summed E-state index contributed by atoms with van der Waals surface area (Å²) >= 11 is 0. The third kappa shape index (κ3) is 2.54. The van der Waals surface area contributed by atoms with Crippen LogP contribution in [0.15, 0.2) is 0 Å². The molecule has 5 nitrogen and oxygen atoms in total. The Morgan fingerprint density at radius 3 is 2.90 bits per heavy atom. The number of rotatable bonds is 2. The number of carboxylic acid groups (broad SMARTS) is 1. The molecule has 0 spiro atoms. The van der Waals surface area contributed by atoms with Crippen LogP contribution in [0.2, 0.25) is 0 Å². The Balaban J connectivity index is 1.87. The lowest BCUT2D eigenvalue weighted by Gasteiger charge is -2.25. The lowest BCUT2D eigenvalue weighted by Crippen LogP contribution is -2.26. The van der Waals surface area contributed by atoms with Crippen LogP contribution in [0.1, 0.15) is 48.0 Å². The van der Waals surface area contributed by atoms with Gasteiger partial charge in [-0.3, -0.25) is 4.79 Å². The molecule has 1 aliphatic carbocycles. The maximum Gasteiger partial charge on any atom is 0.306 e. The molecule has 2 heterocycles. The van der Waals surface area contributed by atoms with E-state index in [1.165, 1.54) is 0 Å². The van der Waals surface area contributed by atoms with E-state index in [-0.39, 0.29) is 5.92 Å². The van der Waals surface area contributed by atoms with E-state index in [0.717, 1.165) is 48.6 Å². The zero-order valence-electron chi connectivity index (χ0n) is 11.8. The predicted molar refractivity (Wildman–Crippen MR) is 72.7 cm³/mol. The van der Waals surface area contributed by atoms with Crippen LogP contribution in [0.3, 0.4) is 0 Å². The topological polar surface area (TPSA) is 72.3 Å². The van der Waals surface area contributed by atoms with Crippen LogP contribution in [-0.2, 0) is 22.4 Å². The summed E-state index contributed by atoms with van der Waals surface area (Å²) in [6.45, 7) is 3.51. The zero-order chi connectivity index (χ0) is 14.1. The summed E-state index contributed by atoms with van der Waals surface area (Å²) in [4.78, 5) is 20.5. The zero-order valence-corrected chi connectivity index (χ0v) is 11.8. The fourth-order valence-electron chi connectivity index (χ4n) is 3.15. The van der Waals surface area contributed by atoms with Crippen molar-refractivity contribution >= 4 is 5.97 Å². The molecule has 0 saturated carbocycles. The van der Waals surface area contributed by atoms with Gasteiger partial charge in [-0.2, -0.15) is 0 Å². The van der Waals surface area contributed by atoms with E-state index in [0.29, 0.717) is 25.4 Å². The van der Waals surface area contributed by atoms with E-state index in [1.807, 2.05) is 6.92 Å². The number of ether oxygens (including phenoxy) is 1. The normalized spacial score (nSPS) is 26.1. The molecule has 1 aromatic rings. The van der Waals surface area contributed by atoms with Crippen molar-refractivity contribution < 1.29 is 14.6 Å². The monoisotopic (exact) mass is 276 g/mol. The number of hydrogen-bond acceptors (Lipinski definition) is 4. The molecule has 2 aliphatic rings. The van der Waals surface area contributed by atoms with Crippen molar-refractivity contribution in [1.82, 2.24) is 9.97 Å². The molecule has 0 radical (unpaired) electrons. The van der Waals surface area contributed by atoms with Crippen LogP contribution >= 0.6 is 0 Å². The highest BCUT2D eigenvalue weighted by Gasteiger charge is 2.28. The summed E-state index contributed by atoms with van der Waals surface area (Å²) in [6.07, 6.45) is 4.13. The number of hydrogen-bond donors (Lipinski definition) is 1.